The number of alkyl halides is 2. The highest BCUT2D eigenvalue weighted by Gasteiger charge is 2.47. The molecule has 2 nitrogen and oxygen atoms in total. The average molecular weight is 176 g/mol. The number of hydrogen-bond donors (Lipinski definition) is 1. The standard InChI is InChI=1S/C8H14F2N2/c9-8(10)6-11-5-7(8)12-3-1-2-4-12/h7,11H,1-6H2/t7-/m0/s1. The molecule has 0 radical (unpaired) electrons. The largest absolute Gasteiger partial charge is 0.309 e. The Kier molecular flexibility index (Phi) is 2.04. The van der Waals surface area contributed by atoms with Gasteiger partial charge in [-0.15, -0.1) is 0 Å². The first-order valence-electron chi connectivity index (χ1n) is 4.53. The van der Waals surface area contributed by atoms with Gasteiger partial charge in [-0.3, -0.25) is 4.90 Å². The van der Waals surface area contributed by atoms with E-state index in [-0.39, 0.29) is 6.54 Å². The smallest absolute Gasteiger partial charge is 0.276 e. The van der Waals surface area contributed by atoms with E-state index in [1.54, 1.807) is 0 Å². The van der Waals surface area contributed by atoms with Gasteiger partial charge in [-0.2, -0.15) is 0 Å². The van der Waals surface area contributed by atoms with E-state index in [0.29, 0.717) is 6.54 Å². The van der Waals surface area contributed by atoms with Gasteiger partial charge in [0.2, 0.25) is 0 Å². The fraction of sp³-hybridized carbons (Fsp3) is 1.00. The Hall–Kier alpha value is -0.220. The van der Waals surface area contributed by atoms with Crippen LogP contribution in [-0.2, 0) is 0 Å². The number of nitrogens with one attached hydrogen (secondary N) is 1. The van der Waals surface area contributed by atoms with E-state index in [1.807, 2.05) is 4.90 Å². The molecule has 2 aliphatic rings. The maximum absolute atomic E-state index is 13.2. The van der Waals surface area contributed by atoms with Crippen molar-refractivity contribution in [3.05, 3.63) is 0 Å². The SMILES string of the molecule is FC1(F)CNC[C@@H]1N1CCCC1. The topological polar surface area (TPSA) is 15.3 Å². The molecule has 0 spiro atoms. The summed E-state index contributed by atoms with van der Waals surface area (Å²) in [7, 11) is 0. The average Bonchev–Trinajstić information content (AvgIpc) is 2.55. The molecular weight excluding hydrogens is 162 g/mol. The molecule has 0 bridgehead atoms. The van der Waals surface area contributed by atoms with E-state index in [4.69, 9.17) is 0 Å². The van der Waals surface area contributed by atoms with Gasteiger partial charge in [0, 0.05) is 6.54 Å². The van der Waals surface area contributed by atoms with E-state index in [9.17, 15) is 8.78 Å². The second kappa shape index (κ2) is 2.92. The third kappa shape index (κ3) is 1.33. The molecule has 12 heavy (non-hydrogen) atoms. The lowest BCUT2D eigenvalue weighted by molar-refractivity contribution is -0.0415. The molecular formula is C8H14F2N2. The number of nitrogens with zero attached hydrogens (tertiary/aromatic N) is 1. The Labute approximate surface area is 70.9 Å². The normalized spacial score (nSPS) is 36.0. The minimum Gasteiger partial charge on any atom is -0.309 e. The highest BCUT2D eigenvalue weighted by atomic mass is 19.3. The molecule has 0 aromatic heterocycles. The molecule has 2 heterocycles. The molecule has 0 saturated carbocycles. The summed E-state index contributed by atoms with van der Waals surface area (Å²) in [5.41, 5.74) is 0. The van der Waals surface area contributed by atoms with Crippen molar-refractivity contribution in [2.45, 2.75) is 24.8 Å². The first-order chi connectivity index (χ1) is 5.70. The predicted molar refractivity (Wildman–Crippen MR) is 42.4 cm³/mol. The lowest BCUT2D eigenvalue weighted by atomic mass is 10.2. The Morgan fingerprint density at radius 1 is 1.25 bits per heavy atom. The van der Waals surface area contributed by atoms with Gasteiger partial charge < -0.3 is 5.32 Å². The lowest BCUT2D eigenvalue weighted by Gasteiger charge is -2.27. The maximum atomic E-state index is 13.2. The minimum atomic E-state index is -2.51. The minimum absolute atomic E-state index is 0.145. The second-order valence-electron chi connectivity index (χ2n) is 3.65. The van der Waals surface area contributed by atoms with Gasteiger partial charge in [-0.25, -0.2) is 8.78 Å². The van der Waals surface area contributed by atoms with Crippen molar-refractivity contribution in [3.63, 3.8) is 0 Å². The molecule has 2 fully saturated rings. The summed E-state index contributed by atoms with van der Waals surface area (Å²) in [6.45, 7) is 2.00. The molecule has 0 amide bonds. The second-order valence-corrected chi connectivity index (χ2v) is 3.65. The van der Waals surface area contributed by atoms with Crippen molar-refractivity contribution in [2.75, 3.05) is 26.2 Å². The summed E-state index contributed by atoms with van der Waals surface area (Å²) in [6.07, 6.45) is 2.15. The summed E-state index contributed by atoms with van der Waals surface area (Å²) < 4.78 is 26.3. The fourth-order valence-electron chi connectivity index (χ4n) is 2.09. The van der Waals surface area contributed by atoms with Crippen LogP contribution in [0.1, 0.15) is 12.8 Å². The molecule has 2 aliphatic heterocycles. The first kappa shape index (κ1) is 8.38. The van der Waals surface area contributed by atoms with Crippen LogP contribution in [0.15, 0.2) is 0 Å². The Morgan fingerprint density at radius 3 is 2.42 bits per heavy atom. The summed E-state index contributed by atoms with van der Waals surface area (Å²) in [5, 5.41) is 2.75. The molecule has 70 valence electrons. The number of halogens is 2. The zero-order valence-electron chi connectivity index (χ0n) is 7.02. The van der Waals surface area contributed by atoms with Crippen molar-refractivity contribution in [3.8, 4) is 0 Å². The molecule has 0 aliphatic carbocycles. The van der Waals surface area contributed by atoms with Crippen LogP contribution in [0.4, 0.5) is 8.78 Å². The maximum Gasteiger partial charge on any atom is 0.276 e. The highest BCUT2D eigenvalue weighted by Crippen LogP contribution is 2.28. The van der Waals surface area contributed by atoms with Crippen LogP contribution in [0.2, 0.25) is 0 Å². The van der Waals surface area contributed by atoms with Crippen molar-refractivity contribution < 1.29 is 8.78 Å². The Balaban J connectivity index is 2.02. The summed E-state index contributed by atoms with van der Waals surface area (Å²) in [6, 6.07) is -0.542. The molecule has 2 rings (SSSR count). The molecule has 0 unspecified atom stereocenters. The van der Waals surface area contributed by atoms with Gasteiger partial charge in [-0.05, 0) is 25.9 Å². The first-order valence-corrected chi connectivity index (χ1v) is 4.53. The van der Waals surface area contributed by atoms with Crippen LogP contribution in [0, 0.1) is 0 Å². The van der Waals surface area contributed by atoms with Crippen LogP contribution >= 0.6 is 0 Å². The fourth-order valence-corrected chi connectivity index (χ4v) is 2.09. The van der Waals surface area contributed by atoms with Crippen LogP contribution in [0.5, 0.6) is 0 Å². The monoisotopic (exact) mass is 176 g/mol. The quantitative estimate of drug-likeness (QED) is 0.632. The van der Waals surface area contributed by atoms with Gasteiger partial charge in [0.15, 0.2) is 0 Å². The summed E-state index contributed by atoms with van der Waals surface area (Å²) >= 11 is 0. The third-order valence-corrected chi connectivity index (χ3v) is 2.77. The molecule has 2 saturated heterocycles. The van der Waals surface area contributed by atoms with Crippen molar-refractivity contribution >= 4 is 0 Å². The van der Waals surface area contributed by atoms with Crippen molar-refractivity contribution in [2.24, 2.45) is 0 Å². The lowest BCUT2D eigenvalue weighted by Crippen LogP contribution is -2.45. The summed E-state index contributed by atoms with van der Waals surface area (Å²) in [5.74, 6) is -2.51. The molecule has 1 N–H and O–H groups in total. The predicted octanol–water partition coefficient (Wildman–Crippen LogP) is 0.689. The highest BCUT2D eigenvalue weighted by molar-refractivity contribution is 4.96. The van der Waals surface area contributed by atoms with E-state index >= 15 is 0 Å². The Morgan fingerprint density at radius 2 is 1.92 bits per heavy atom. The van der Waals surface area contributed by atoms with Gasteiger partial charge >= 0.3 is 0 Å². The van der Waals surface area contributed by atoms with E-state index in [2.05, 4.69) is 5.32 Å². The zero-order chi connectivity index (χ0) is 8.60. The zero-order valence-corrected chi connectivity index (χ0v) is 7.02. The van der Waals surface area contributed by atoms with Crippen molar-refractivity contribution in [1.82, 2.24) is 10.2 Å². The van der Waals surface area contributed by atoms with E-state index in [0.717, 1.165) is 25.9 Å². The van der Waals surface area contributed by atoms with Gasteiger partial charge in [-0.1, -0.05) is 0 Å². The van der Waals surface area contributed by atoms with Gasteiger partial charge in [0.05, 0.1) is 12.6 Å². The third-order valence-electron chi connectivity index (χ3n) is 2.77. The molecule has 1 atom stereocenters. The molecule has 4 heteroatoms. The van der Waals surface area contributed by atoms with E-state index < -0.39 is 12.0 Å². The van der Waals surface area contributed by atoms with E-state index in [1.165, 1.54) is 0 Å². The van der Waals surface area contributed by atoms with Crippen LogP contribution in [-0.4, -0.2) is 43.0 Å². The Bertz CT molecular complexity index is 166. The summed E-state index contributed by atoms with van der Waals surface area (Å²) in [4.78, 5) is 1.92. The molecule has 0 aromatic rings. The van der Waals surface area contributed by atoms with Crippen LogP contribution in [0.25, 0.3) is 0 Å². The van der Waals surface area contributed by atoms with Gasteiger partial charge in [0.25, 0.3) is 5.92 Å². The molecule has 0 aromatic carbocycles. The van der Waals surface area contributed by atoms with Gasteiger partial charge in [0.1, 0.15) is 0 Å². The number of rotatable bonds is 1. The van der Waals surface area contributed by atoms with Crippen LogP contribution < -0.4 is 5.32 Å². The van der Waals surface area contributed by atoms with Crippen molar-refractivity contribution in [1.29, 1.82) is 0 Å². The number of likely N-dealkylation sites (tertiary alicyclic amines) is 1. The van der Waals surface area contributed by atoms with Crippen LogP contribution in [0.3, 0.4) is 0 Å². The number of hydrogen-bond acceptors (Lipinski definition) is 2.